The Bertz CT molecular complexity index is 856. The number of benzene rings is 2. The van der Waals surface area contributed by atoms with E-state index in [0.29, 0.717) is 23.3 Å². The van der Waals surface area contributed by atoms with Crippen LogP contribution in [-0.2, 0) is 9.84 Å². The molecule has 1 unspecified atom stereocenters. The highest BCUT2D eigenvalue weighted by Gasteiger charge is 2.13. The number of ether oxygens (including phenoxy) is 1. The Labute approximate surface area is 191 Å². The van der Waals surface area contributed by atoms with E-state index in [1.165, 1.54) is 5.56 Å². The second-order valence-electron chi connectivity index (χ2n) is 6.52. The second-order valence-corrected chi connectivity index (χ2v) is 8.63. The fourth-order valence-electron chi connectivity index (χ4n) is 2.78. The van der Waals surface area contributed by atoms with Crippen molar-refractivity contribution in [2.24, 2.45) is 4.99 Å². The SMILES string of the molecule is CN=C(NCCC(C)c1ccc(OC)cc1)NCCS(=O)(=O)c1ccccc1.I. The largest absolute Gasteiger partial charge is 0.497 e. The Morgan fingerprint density at radius 1 is 1.03 bits per heavy atom. The summed E-state index contributed by atoms with van der Waals surface area (Å²) in [6.07, 6.45) is 0.926. The van der Waals surface area contributed by atoms with Crippen LogP contribution in [0.1, 0.15) is 24.8 Å². The molecule has 29 heavy (non-hydrogen) atoms. The summed E-state index contributed by atoms with van der Waals surface area (Å²) in [5, 5.41) is 6.31. The fourth-order valence-corrected chi connectivity index (χ4v) is 3.95. The molecule has 2 aromatic carbocycles. The minimum absolute atomic E-state index is 0. The first kappa shape index (κ1) is 25.2. The molecule has 0 aliphatic rings. The molecule has 0 heterocycles. The number of sulfone groups is 1. The lowest BCUT2D eigenvalue weighted by molar-refractivity contribution is 0.414. The highest BCUT2D eigenvalue weighted by atomic mass is 127. The molecular weight excluding hydrogens is 501 g/mol. The molecule has 0 spiro atoms. The third-order valence-corrected chi connectivity index (χ3v) is 6.28. The molecule has 2 rings (SSSR count). The number of halogens is 1. The maximum atomic E-state index is 12.3. The lowest BCUT2D eigenvalue weighted by Crippen LogP contribution is -2.40. The van der Waals surface area contributed by atoms with E-state index in [1.807, 2.05) is 12.1 Å². The summed E-state index contributed by atoms with van der Waals surface area (Å²) >= 11 is 0. The zero-order valence-corrected chi connectivity index (χ0v) is 20.2. The predicted molar refractivity (Wildman–Crippen MR) is 129 cm³/mol. The summed E-state index contributed by atoms with van der Waals surface area (Å²) in [6.45, 7) is 3.20. The van der Waals surface area contributed by atoms with Crippen molar-refractivity contribution in [2.75, 3.05) is 33.0 Å². The summed E-state index contributed by atoms with van der Waals surface area (Å²) in [7, 11) is 0.0379. The van der Waals surface area contributed by atoms with Crippen LogP contribution in [0.4, 0.5) is 0 Å². The summed E-state index contributed by atoms with van der Waals surface area (Å²) < 4.78 is 29.8. The lowest BCUT2D eigenvalue weighted by Gasteiger charge is -2.15. The van der Waals surface area contributed by atoms with Crippen molar-refractivity contribution in [2.45, 2.75) is 24.2 Å². The van der Waals surface area contributed by atoms with Gasteiger partial charge in [0.2, 0.25) is 0 Å². The Kier molecular flexibility index (Phi) is 11.0. The van der Waals surface area contributed by atoms with Crippen LogP contribution in [0.2, 0.25) is 0 Å². The van der Waals surface area contributed by atoms with Crippen LogP contribution in [0.25, 0.3) is 0 Å². The van der Waals surface area contributed by atoms with E-state index in [2.05, 4.69) is 34.7 Å². The Balaban J connectivity index is 0.00000420. The monoisotopic (exact) mass is 531 g/mol. The van der Waals surface area contributed by atoms with E-state index in [9.17, 15) is 8.42 Å². The van der Waals surface area contributed by atoms with Crippen molar-refractivity contribution in [3.8, 4) is 5.75 Å². The molecule has 0 bridgehead atoms. The standard InChI is InChI=1S/C21H29N3O3S.HI/c1-17(18-9-11-19(27-3)12-10-18)13-14-23-21(22-2)24-15-16-28(25,26)20-7-5-4-6-8-20;/h4-12,17H,13-16H2,1-3H3,(H2,22,23,24);1H. The molecule has 0 aliphatic carbocycles. The first-order valence-corrected chi connectivity index (χ1v) is 11.0. The molecule has 160 valence electrons. The molecular formula is C21H30IN3O3S. The molecule has 0 aliphatic heterocycles. The van der Waals surface area contributed by atoms with Gasteiger partial charge in [-0.15, -0.1) is 24.0 Å². The summed E-state index contributed by atoms with van der Waals surface area (Å²) in [4.78, 5) is 4.50. The van der Waals surface area contributed by atoms with Crippen LogP contribution in [-0.4, -0.2) is 47.4 Å². The van der Waals surface area contributed by atoms with Gasteiger partial charge in [0.25, 0.3) is 0 Å². The molecule has 0 radical (unpaired) electrons. The van der Waals surface area contributed by atoms with Gasteiger partial charge in [-0.3, -0.25) is 4.99 Å². The summed E-state index contributed by atoms with van der Waals surface area (Å²) in [5.74, 6) is 1.85. The molecule has 0 amide bonds. The number of guanidine groups is 1. The van der Waals surface area contributed by atoms with E-state index in [4.69, 9.17) is 4.74 Å². The molecule has 0 saturated heterocycles. The van der Waals surface area contributed by atoms with Crippen molar-refractivity contribution in [3.05, 3.63) is 60.2 Å². The summed E-state index contributed by atoms with van der Waals surface area (Å²) in [5.41, 5.74) is 1.25. The van der Waals surface area contributed by atoms with E-state index in [-0.39, 0.29) is 29.7 Å². The van der Waals surface area contributed by atoms with Gasteiger partial charge >= 0.3 is 0 Å². The van der Waals surface area contributed by atoms with Crippen LogP contribution < -0.4 is 15.4 Å². The minimum Gasteiger partial charge on any atom is -0.497 e. The second kappa shape index (κ2) is 12.7. The van der Waals surface area contributed by atoms with Gasteiger partial charge in [0.05, 0.1) is 17.8 Å². The Hall–Kier alpha value is -1.81. The zero-order chi connectivity index (χ0) is 20.4. The molecule has 2 aromatic rings. The molecule has 0 saturated carbocycles. The minimum atomic E-state index is -3.30. The summed E-state index contributed by atoms with van der Waals surface area (Å²) in [6, 6.07) is 16.6. The normalized spacial score (nSPS) is 12.6. The molecule has 1 atom stereocenters. The smallest absolute Gasteiger partial charge is 0.191 e. The average Bonchev–Trinajstić information content (AvgIpc) is 2.73. The van der Waals surface area contributed by atoms with E-state index in [0.717, 1.165) is 18.7 Å². The molecule has 0 aromatic heterocycles. The van der Waals surface area contributed by atoms with Gasteiger partial charge < -0.3 is 15.4 Å². The molecule has 6 nitrogen and oxygen atoms in total. The van der Waals surface area contributed by atoms with Gasteiger partial charge in [0.15, 0.2) is 15.8 Å². The maximum Gasteiger partial charge on any atom is 0.191 e. The topological polar surface area (TPSA) is 79.8 Å². The average molecular weight is 531 g/mol. The number of rotatable bonds is 9. The molecule has 8 heteroatoms. The van der Waals surface area contributed by atoms with E-state index < -0.39 is 9.84 Å². The van der Waals surface area contributed by atoms with Gasteiger partial charge in [0, 0.05) is 20.1 Å². The number of hydrogen-bond donors (Lipinski definition) is 2. The number of nitrogens with one attached hydrogen (secondary N) is 2. The van der Waals surface area contributed by atoms with E-state index >= 15 is 0 Å². The van der Waals surface area contributed by atoms with E-state index in [1.54, 1.807) is 44.5 Å². The van der Waals surface area contributed by atoms with Gasteiger partial charge in [-0.2, -0.15) is 0 Å². The van der Waals surface area contributed by atoms with Crippen molar-refractivity contribution in [3.63, 3.8) is 0 Å². The van der Waals surface area contributed by atoms with Crippen molar-refractivity contribution >= 4 is 39.8 Å². The lowest BCUT2D eigenvalue weighted by atomic mass is 9.98. The van der Waals surface area contributed by atoms with Gasteiger partial charge in [-0.05, 0) is 42.2 Å². The molecule has 0 fully saturated rings. The number of methoxy groups -OCH3 is 1. The van der Waals surface area contributed by atoms with Crippen LogP contribution in [0.3, 0.4) is 0 Å². The maximum absolute atomic E-state index is 12.3. The van der Waals surface area contributed by atoms with Crippen LogP contribution in [0.5, 0.6) is 5.75 Å². The number of aliphatic imine (C=N–C) groups is 1. The van der Waals surface area contributed by atoms with Crippen molar-refractivity contribution in [1.29, 1.82) is 0 Å². The fraction of sp³-hybridized carbons (Fsp3) is 0.381. The third-order valence-electron chi connectivity index (χ3n) is 4.54. The Morgan fingerprint density at radius 2 is 1.66 bits per heavy atom. The van der Waals surface area contributed by atoms with Gasteiger partial charge in [-0.1, -0.05) is 37.3 Å². The van der Waals surface area contributed by atoms with Crippen LogP contribution in [0, 0.1) is 0 Å². The van der Waals surface area contributed by atoms with Gasteiger partial charge in [-0.25, -0.2) is 8.42 Å². The first-order valence-electron chi connectivity index (χ1n) is 9.32. The first-order chi connectivity index (χ1) is 13.5. The predicted octanol–water partition coefficient (Wildman–Crippen LogP) is 3.45. The van der Waals surface area contributed by atoms with Crippen molar-refractivity contribution in [1.82, 2.24) is 10.6 Å². The highest BCUT2D eigenvalue weighted by molar-refractivity contribution is 14.0. The Morgan fingerprint density at radius 3 is 2.24 bits per heavy atom. The van der Waals surface area contributed by atoms with Crippen LogP contribution >= 0.6 is 24.0 Å². The molecule has 2 N–H and O–H groups in total. The highest BCUT2D eigenvalue weighted by Crippen LogP contribution is 2.21. The quantitative estimate of drug-likeness (QED) is 0.295. The number of nitrogens with zero attached hydrogens (tertiary/aromatic N) is 1. The van der Waals surface area contributed by atoms with Crippen LogP contribution in [0.15, 0.2) is 64.5 Å². The van der Waals surface area contributed by atoms with Gasteiger partial charge in [0.1, 0.15) is 5.75 Å². The zero-order valence-electron chi connectivity index (χ0n) is 17.1. The van der Waals surface area contributed by atoms with Crippen molar-refractivity contribution < 1.29 is 13.2 Å². The number of hydrogen-bond acceptors (Lipinski definition) is 4. The third kappa shape index (κ3) is 8.22.